The van der Waals surface area contributed by atoms with Crippen molar-refractivity contribution in [2.24, 2.45) is 5.92 Å². The lowest BCUT2D eigenvalue weighted by molar-refractivity contribution is -0.145. The highest BCUT2D eigenvalue weighted by Gasteiger charge is 2.25. The van der Waals surface area contributed by atoms with Gasteiger partial charge in [0.1, 0.15) is 12.2 Å². The maximum absolute atomic E-state index is 11.9. The van der Waals surface area contributed by atoms with Crippen molar-refractivity contribution in [1.82, 2.24) is 0 Å². The summed E-state index contributed by atoms with van der Waals surface area (Å²) in [5, 5.41) is 0. The van der Waals surface area contributed by atoms with Crippen LogP contribution in [-0.2, 0) is 30.4 Å². The average Bonchev–Trinajstić information content (AvgIpc) is 2.51. The average molecular weight is 294 g/mol. The van der Waals surface area contributed by atoms with Crippen molar-refractivity contribution in [3.05, 3.63) is 35.9 Å². The van der Waals surface area contributed by atoms with Gasteiger partial charge < -0.3 is 14.2 Å². The predicted molar refractivity (Wildman–Crippen MR) is 77.7 cm³/mol. The van der Waals surface area contributed by atoms with E-state index in [4.69, 9.17) is 9.47 Å². The zero-order chi connectivity index (χ0) is 15.7. The highest BCUT2D eigenvalue weighted by Crippen LogP contribution is 2.12. The molecule has 0 aliphatic heterocycles. The number of ether oxygens (including phenoxy) is 3. The van der Waals surface area contributed by atoms with Crippen molar-refractivity contribution < 1.29 is 23.8 Å². The Bertz CT molecular complexity index is 443. The Balaban J connectivity index is 2.42. The largest absolute Gasteiger partial charge is 0.469 e. The van der Waals surface area contributed by atoms with E-state index in [2.05, 4.69) is 4.74 Å². The Morgan fingerprint density at radius 1 is 1.14 bits per heavy atom. The number of methoxy groups -OCH3 is 2. The maximum atomic E-state index is 11.9. The molecule has 0 fully saturated rings. The molecule has 0 unspecified atom stereocenters. The summed E-state index contributed by atoms with van der Waals surface area (Å²) in [5.74, 6) is -1.17. The van der Waals surface area contributed by atoms with Gasteiger partial charge in [-0.25, -0.2) is 0 Å². The molecule has 5 heteroatoms. The lowest BCUT2D eigenvalue weighted by atomic mass is 9.98. The third-order valence-electron chi connectivity index (χ3n) is 3.31. The van der Waals surface area contributed by atoms with Crippen molar-refractivity contribution in [3.63, 3.8) is 0 Å². The maximum Gasteiger partial charge on any atom is 0.313 e. The van der Waals surface area contributed by atoms with Crippen molar-refractivity contribution in [1.29, 1.82) is 0 Å². The van der Waals surface area contributed by atoms with Crippen LogP contribution >= 0.6 is 0 Å². The summed E-state index contributed by atoms with van der Waals surface area (Å²) >= 11 is 0. The second-order valence-corrected chi connectivity index (χ2v) is 4.78. The van der Waals surface area contributed by atoms with E-state index in [0.717, 1.165) is 5.56 Å². The standard InChI is InChI=1S/C16H22O5/c1-12(14(17)9-16(18)20-3)15(19-2)11-21-10-13-7-5-4-6-8-13/h4-8,12,15H,9-11H2,1-3H3/t12-,15-/m0/s1. The molecule has 1 aromatic rings. The Hall–Kier alpha value is -1.72. The summed E-state index contributed by atoms with van der Waals surface area (Å²) in [6.07, 6.45) is -0.623. The summed E-state index contributed by atoms with van der Waals surface area (Å²) in [5.41, 5.74) is 1.06. The van der Waals surface area contributed by atoms with Gasteiger partial charge in [-0.3, -0.25) is 9.59 Å². The van der Waals surface area contributed by atoms with E-state index in [1.54, 1.807) is 6.92 Å². The van der Waals surface area contributed by atoms with E-state index in [-0.39, 0.29) is 18.3 Å². The summed E-state index contributed by atoms with van der Waals surface area (Å²) in [6, 6.07) is 9.75. The van der Waals surface area contributed by atoms with E-state index >= 15 is 0 Å². The van der Waals surface area contributed by atoms with E-state index < -0.39 is 11.9 Å². The summed E-state index contributed by atoms with van der Waals surface area (Å²) in [6.45, 7) is 2.48. The fraction of sp³-hybridized carbons (Fsp3) is 0.500. The highest BCUT2D eigenvalue weighted by molar-refractivity contribution is 5.96. The first kappa shape index (κ1) is 17.3. The SMILES string of the molecule is COC(=O)CC(=O)[C@H](C)[C@H](COCc1ccccc1)OC. The molecular formula is C16H22O5. The van der Waals surface area contributed by atoms with E-state index in [9.17, 15) is 9.59 Å². The number of benzene rings is 1. The van der Waals surface area contributed by atoms with Gasteiger partial charge in [0.15, 0.2) is 0 Å². The van der Waals surface area contributed by atoms with Crippen LogP contribution in [0.2, 0.25) is 0 Å². The van der Waals surface area contributed by atoms with Gasteiger partial charge in [-0.15, -0.1) is 0 Å². The van der Waals surface area contributed by atoms with Gasteiger partial charge >= 0.3 is 5.97 Å². The number of carbonyl (C=O) groups excluding carboxylic acids is 2. The summed E-state index contributed by atoms with van der Waals surface area (Å²) in [7, 11) is 2.79. The number of esters is 1. The quantitative estimate of drug-likeness (QED) is 0.515. The summed E-state index contributed by atoms with van der Waals surface area (Å²) < 4.78 is 15.4. The molecule has 5 nitrogen and oxygen atoms in total. The first-order valence-electron chi connectivity index (χ1n) is 6.82. The predicted octanol–water partition coefficient (Wildman–Crippen LogP) is 1.99. The fourth-order valence-electron chi connectivity index (χ4n) is 1.87. The first-order chi connectivity index (χ1) is 10.1. The van der Waals surface area contributed by atoms with Gasteiger partial charge in [-0.2, -0.15) is 0 Å². The molecule has 1 rings (SSSR count). The van der Waals surface area contributed by atoms with Gasteiger partial charge in [0.2, 0.25) is 0 Å². The third kappa shape index (κ3) is 6.06. The van der Waals surface area contributed by atoms with Crippen LogP contribution in [0.25, 0.3) is 0 Å². The van der Waals surface area contributed by atoms with Gasteiger partial charge in [0.05, 0.1) is 26.4 Å². The van der Waals surface area contributed by atoms with Crippen molar-refractivity contribution >= 4 is 11.8 Å². The smallest absolute Gasteiger partial charge is 0.313 e. The number of rotatable bonds is 9. The molecule has 0 amide bonds. The molecule has 0 aliphatic carbocycles. The van der Waals surface area contributed by atoms with Crippen LogP contribution in [0.5, 0.6) is 0 Å². The minimum absolute atomic E-state index is 0.211. The van der Waals surface area contributed by atoms with Gasteiger partial charge in [0, 0.05) is 13.0 Å². The van der Waals surface area contributed by atoms with Crippen molar-refractivity contribution in [2.75, 3.05) is 20.8 Å². The molecule has 0 radical (unpaired) electrons. The van der Waals surface area contributed by atoms with Gasteiger partial charge in [-0.1, -0.05) is 37.3 Å². The Morgan fingerprint density at radius 3 is 2.38 bits per heavy atom. The second kappa shape index (κ2) is 9.26. The minimum Gasteiger partial charge on any atom is -0.469 e. The fourth-order valence-corrected chi connectivity index (χ4v) is 1.87. The Kier molecular flexibility index (Phi) is 7.64. The van der Waals surface area contributed by atoms with Gasteiger partial charge in [-0.05, 0) is 5.56 Å². The van der Waals surface area contributed by atoms with Gasteiger partial charge in [0.25, 0.3) is 0 Å². The molecule has 116 valence electrons. The lowest BCUT2D eigenvalue weighted by Gasteiger charge is -2.21. The molecular weight excluding hydrogens is 272 g/mol. The number of hydrogen-bond acceptors (Lipinski definition) is 5. The van der Waals surface area contributed by atoms with Crippen LogP contribution in [0.15, 0.2) is 30.3 Å². The van der Waals surface area contributed by atoms with Crippen LogP contribution in [-0.4, -0.2) is 38.7 Å². The Labute approximate surface area is 125 Å². The molecule has 0 saturated carbocycles. The van der Waals surface area contributed by atoms with Crippen LogP contribution in [0.3, 0.4) is 0 Å². The van der Waals surface area contributed by atoms with Crippen molar-refractivity contribution in [2.45, 2.75) is 26.1 Å². The lowest BCUT2D eigenvalue weighted by Crippen LogP contribution is -2.33. The zero-order valence-corrected chi connectivity index (χ0v) is 12.7. The molecule has 0 saturated heterocycles. The van der Waals surface area contributed by atoms with E-state index in [1.165, 1.54) is 14.2 Å². The first-order valence-corrected chi connectivity index (χ1v) is 6.82. The molecule has 1 aromatic carbocycles. The van der Waals surface area contributed by atoms with Crippen LogP contribution in [0.4, 0.5) is 0 Å². The minimum atomic E-state index is -0.535. The van der Waals surface area contributed by atoms with Crippen molar-refractivity contribution in [3.8, 4) is 0 Å². The molecule has 21 heavy (non-hydrogen) atoms. The van der Waals surface area contributed by atoms with Crippen LogP contribution in [0, 0.1) is 5.92 Å². The normalized spacial score (nSPS) is 13.5. The molecule has 0 aliphatic rings. The number of hydrogen-bond donors (Lipinski definition) is 0. The highest BCUT2D eigenvalue weighted by atomic mass is 16.5. The summed E-state index contributed by atoms with van der Waals surface area (Å²) in [4.78, 5) is 23.0. The molecule has 0 aromatic heterocycles. The topological polar surface area (TPSA) is 61.8 Å². The van der Waals surface area contributed by atoms with E-state index in [1.807, 2.05) is 30.3 Å². The number of ketones is 1. The number of Topliss-reactive ketones (excluding diaryl/α,β-unsaturated/α-hetero) is 1. The second-order valence-electron chi connectivity index (χ2n) is 4.78. The third-order valence-corrected chi connectivity index (χ3v) is 3.31. The molecule has 2 atom stereocenters. The van der Waals surface area contributed by atoms with E-state index in [0.29, 0.717) is 13.2 Å². The molecule has 0 N–H and O–H groups in total. The Morgan fingerprint density at radius 2 is 1.81 bits per heavy atom. The molecule has 0 bridgehead atoms. The van der Waals surface area contributed by atoms with Crippen LogP contribution in [0.1, 0.15) is 18.9 Å². The van der Waals surface area contributed by atoms with Crippen LogP contribution < -0.4 is 0 Å². The molecule has 0 spiro atoms. The zero-order valence-electron chi connectivity index (χ0n) is 12.7. The molecule has 0 heterocycles. The monoisotopic (exact) mass is 294 g/mol. The number of carbonyl (C=O) groups is 2.